The number of ether oxygens (including phenoxy) is 1. The highest BCUT2D eigenvalue weighted by atomic mass is 16.5. The van der Waals surface area contributed by atoms with Crippen molar-refractivity contribution >= 4 is 0 Å². The van der Waals surface area contributed by atoms with Crippen molar-refractivity contribution in [1.82, 2.24) is 14.5 Å². The van der Waals surface area contributed by atoms with Crippen LogP contribution in [0.25, 0.3) is 0 Å². The van der Waals surface area contributed by atoms with E-state index >= 15 is 0 Å². The van der Waals surface area contributed by atoms with Crippen LogP contribution in [-0.2, 0) is 18.3 Å². The van der Waals surface area contributed by atoms with E-state index in [9.17, 15) is 0 Å². The molecule has 1 heterocycles. The number of nitrogens with two attached hydrogens (primary N) is 1. The molecule has 5 heteroatoms. The van der Waals surface area contributed by atoms with Crippen LogP contribution in [0.5, 0.6) is 0 Å². The largest absolute Gasteiger partial charge is 0.383 e. The molecule has 1 aromatic heterocycles. The first kappa shape index (κ1) is 13.5. The second-order valence-electron chi connectivity index (χ2n) is 5.33. The van der Waals surface area contributed by atoms with E-state index in [2.05, 4.69) is 21.5 Å². The standard InChI is InChI=1S/C13H24N4O/c1-16-7-6-15-12(16)8-17(2)13(9-14,10-18-3)11-4-5-11/h6-7,11H,4-5,8-10,14H2,1-3H3. The summed E-state index contributed by atoms with van der Waals surface area (Å²) in [6.07, 6.45) is 6.32. The van der Waals surface area contributed by atoms with Crippen LogP contribution in [0.4, 0.5) is 0 Å². The maximum absolute atomic E-state index is 6.05. The Labute approximate surface area is 109 Å². The molecule has 0 aliphatic heterocycles. The fourth-order valence-electron chi connectivity index (χ4n) is 2.71. The normalized spacial score (nSPS) is 19.2. The first-order valence-corrected chi connectivity index (χ1v) is 6.50. The van der Waals surface area contributed by atoms with Gasteiger partial charge < -0.3 is 15.0 Å². The molecular formula is C13H24N4O. The monoisotopic (exact) mass is 252 g/mol. The van der Waals surface area contributed by atoms with Gasteiger partial charge in [-0.3, -0.25) is 4.90 Å². The zero-order valence-corrected chi connectivity index (χ0v) is 11.6. The van der Waals surface area contributed by atoms with E-state index in [0.717, 1.165) is 12.4 Å². The third-order valence-corrected chi connectivity index (χ3v) is 4.14. The van der Waals surface area contributed by atoms with Crippen LogP contribution >= 0.6 is 0 Å². The third kappa shape index (κ3) is 2.43. The van der Waals surface area contributed by atoms with Crippen molar-refractivity contribution in [3.8, 4) is 0 Å². The highest BCUT2D eigenvalue weighted by molar-refractivity contribution is 5.04. The summed E-state index contributed by atoms with van der Waals surface area (Å²) in [6, 6.07) is 0. The van der Waals surface area contributed by atoms with Crippen molar-refractivity contribution in [2.24, 2.45) is 18.7 Å². The minimum Gasteiger partial charge on any atom is -0.383 e. The van der Waals surface area contributed by atoms with Crippen molar-refractivity contribution in [1.29, 1.82) is 0 Å². The lowest BCUT2D eigenvalue weighted by Crippen LogP contribution is -2.57. The molecule has 0 aromatic carbocycles. The van der Waals surface area contributed by atoms with Gasteiger partial charge in [0.15, 0.2) is 0 Å². The minimum atomic E-state index is -0.0410. The molecule has 0 bridgehead atoms. The highest BCUT2D eigenvalue weighted by Crippen LogP contribution is 2.42. The summed E-state index contributed by atoms with van der Waals surface area (Å²) >= 11 is 0. The van der Waals surface area contributed by atoms with Gasteiger partial charge >= 0.3 is 0 Å². The third-order valence-electron chi connectivity index (χ3n) is 4.14. The second-order valence-corrected chi connectivity index (χ2v) is 5.33. The van der Waals surface area contributed by atoms with Gasteiger partial charge in [-0.05, 0) is 25.8 Å². The van der Waals surface area contributed by atoms with Crippen LogP contribution in [0.15, 0.2) is 12.4 Å². The Hall–Kier alpha value is -0.910. The predicted octanol–water partition coefficient (Wildman–Crippen LogP) is 0.606. The molecule has 0 spiro atoms. The lowest BCUT2D eigenvalue weighted by molar-refractivity contribution is 0.00872. The number of likely N-dealkylation sites (N-methyl/N-ethyl adjacent to an activating group) is 1. The lowest BCUT2D eigenvalue weighted by Gasteiger charge is -2.41. The molecule has 1 aromatic rings. The van der Waals surface area contributed by atoms with Gasteiger partial charge in [-0.2, -0.15) is 0 Å². The number of aromatic nitrogens is 2. The van der Waals surface area contributed by atoms with Crippen molar-refractivity contribution in [3.63, 3.8) is 0 Å². The van der Waals surface area contributed by atoms with E-state index in [1.165, 1.54) is 12.8 Å². The fraction of sp³-hybridized carbons (Fsp3) is 0.769. The van der Waals surface area contributed by atoms with Crippen LogP contribution in [0.1, 0.15) is 18.7 Å². The summed E-state index contributed by atoms with van der Waals surface area (Å²) < 4.78 is 7.47. The van der Waals surface area contributed by atoms with Gasteiger partial charge in [0.05, 0.1) is 18.7 Å². The van der Waals surface area contributed by atoms with E-state index < -0.39 is 0 Å². The average Bonchev–Trinajstić information content (AvgIpc) is 3.13. The summed E-state index contributed by atoms with van der Waals surface area (Å²) in [7, 11) is 5.90. The Morgan fingerprint density at radius 3 is 2.78 bits per heavy atom. The Morgan fingerprint density at radius 1 is 1.61 bits per heavy atom. The summed E-state index contributed by atoms with van der Waals surface area (Å²) in [5, 5.41) is 0. The van der Waals surface area contributed by atoms with Gasteiger partial charge in [0.2, 0.25) is 0 Å². The summed E-state index contributed by atoms with van der Waals surface area (Å²) in [6.45, 7) is 2.13. The molecule has 5 nitrogen and oxygen atoms in total. The van der Waals surface area contributed by atoms with E-state index in [1.807, 2.05) is 19.4 Å². The molecule has 1 unspecified atom stereocenters. The molecule has 2 N–H and O–H groups in total. The highest BCUT2D eigenvalue weighted by Gasteiger charge is 2.47. The smallest absolute Gasteiger partial charge is 0.122 e. The summed E-state index contributed by atoms with van der Waals surface area (Å²) in [4.78, 5) is 6.70. The molecule has 0 saturated heterocycles. The zero-order valence-electron chi connectivity index (χ0n) is 11.6. The van der Waals surface area contributed by atoms with Crippen molar-refractivity contribution in [3.05, 3.63) is 18.2 Å². The predicted molar refractivity (Wildman–Crippen MR) is 71.1 cm³/mol. The Balaban J connectivity index is 2.12. The van der Waals surface area contributed by atoms with Crippen LogP contribution < -0.4 is 5.73 Å². The molecule has 1 atom stereocenters. The van der Waals surface area contributed by atoms with Crippen LogP contribution in [-0.4, -0.2) is 47.3 Å². The number of imidazole rings is 1. The average molecular weight is 252 g/mol. The van der Waals surface area contributed by atoms with Gasteiger partial charge in [-0.25, -0.2) is 4.98 Å². The van der Waals surface area contributed by atoms with Crippen LogP contribution in [0, 0.1) is 5.92 Å². The first-order valence-electron chi connectivity index (χ1n) is 6.50. The van der Waals surface area contributed by atoms with E-state index in [1.54, 1.807) is 7.11 Å². The molecule has 1 fully saturated rings. The number of hydrogen-bond acceptors (Lipinski definition) is 4. The maximum atomic E-state index is 6.05. The maximum Gasteiger partial charge on any atom is 0.122 e. The summed E-state index contributed by atoms with van der Waals surface area (Å²) in [5.41, 5.74) is 6.01. The molecular weight excluding hydrogens is 228 g/mol. The number of aryl methyl sites for hydroxylation is 1. The molecule has 18 heavy (non-hydrogen) atoms. The number of nitrogens with zero attached hydrogens (tertiary/aromatic N) is 3. The van der Waals surface area contributed by atoms with Gasteiger partial charge in [-0.15, -0.1) is 0 Å². The SMILES string of the molecule is COCC(CN)(C1CC1)N(C)Cc1nccn1C. The molecule has 0 amide bonds. The van der Waals surface area contributed by atoms with Gasteiger partial charge in [0.25, 0.3) is 0 Å². The Kier molecular flexibility index (Phi) is 4.04. The molecule has 1 aliphatic rings. The second kappa shape index (κ2) is 5.38. The van der Waals surface area contributed by atoms with Gasteiger partial charge in [-0.1, -0.05) is 0 Å². The number of methoxy groups -OCH3 is 1. The van der Waals surface area contributed by atoms with Crippen molar-refractivity contribution < 1.29 is 4.74 Å². The first-order chi connectivity index (χ1) is 8.64. The van der Waals surface area contributed by atoms with Crippen molar-refractivity contribution in [2.45, 2.75) is 24.9 Å². The van der Waals surface area contributed by atoms with Crippen molar-refractivity contribution in [2.75, 3.05) is 27.3 Å². The molecule has 0 radical (unpaired) electrons. The lowest BCUT2D eigenvalue weighted by atomic mass is 9.92. The molecule has 1 aliphatic carbocycles. The topological polar surface area (TPSA) is 56.3 Å². The summed E-state index contributed by atoms with van der Waals surface area (Å²) in [5.74, 6) is 1.72. The zero-order chi connectivity index (χ0) is 13.2. The van der Waals surface area contributed by atoms with E-state index in [-0.39, 0.29) is 5.54 Å². The Morgan fingerprint density at radius 2 is 2.33 bits per heavy atom. The van der Waals surface area contributed by atoms with E-state index in [4.69, 9.17) is 10.5 Å². The van der Waals surface area contributed by atoms with Gasteiger partial charge in [0, 0.05) is 33.1 Å². The van der Waals surface area contributed by atoms with Crippen LogP contribution in [0.3, 0.4) is 0 Å². The quantitative estimate of drug-likeness (QED) is 0.772. The molecule has 2 rings (SSSR count). The fourth-order valence-corrected chi connectivity index (χ4v) is 2.71. The van der Waals surface area contributed by atoms with Crippen LogP contribution in [0.2, 0.25) is 0 Å². The molecule has 102 valence electrons. The molecule has 1 saturated carbocycles. The Bertz CT molecular complexity index is 388. The van der Waals surface area contributed by atoms with Gasteiger partial charge in [0.1, 0.15) is 5.82 Å². The number of rotatable bonds is 7. The minimum absolute atomic E-state index is 0.0410. The van der Waals surface area contributed by atoms with E-state index in [0.29, 0.717) is 19.1 Å². The number of hydrogen-bond donors (Lipinski definition) is 1.